The fourth-order valence-electron chi connectivity index (χ4n) is 2.23. The Morgan fingerprint density at radius 2 is 2.32 bits per heavy atom. The summed E-state index contributed by atoms with van der Waals surface area (Å²) >= 11 is 3.33. The third-order valence-electron chi connectivity index (χ3n) is 3.56. The Hall–Kier alpha value is -1.38. The number of amides is 1. The van der Waals surface area contributed by atoms with Crippen molar-refractivity contribution in [2.24, 2.45) is 0 Å². The molecule has 0 aromatic heterocycles. The number of nitrogens with one attached hydrogen (secondary N) is 1. The number of hydrogen-bond donors (Lipinski definition) is 1. The van der Waals surface area contributed by atoms with Crippen molar-refractivity contribution in [1.82, 2.24) is 0 Å². The molecule has 1 amide bonds. The third kappa shape index (κ3) is 3.14. The number of carbonyl (C=O) groups excluding carboxylic acids is 1. The van der Waals surface area contributed by atoms with Crippen LogP contribution in [0.15, 0.2) is 22.7 Å². The van der Waals surface area contributed by atoms with E-state index in [9.17, 15) is 4.79 Å². The van der Waals surface area contributed by atoms with Crippen molar-refractivity contribution in [2.45, 2.75) is 31.3 Å². The largest absolute Gasteiger partial charge is 0.378 e. The number of hydrogen-bond acceptors (Lipinski definition) is 3. The van der Waals surface area contributed by atoms with E-state index in [1.807, 2.05) is 0 Å². The van der Waals surface area contributed by atoms with Crippen LogP contribution in [0.25, 0.3) is 0 Å². The highest BCUT2D eigenvalue weighted by Crippen LogP contribution is 2.38. The zero-order chi connectivity index (χ0) is 13.9. The van der Waals surface area contributed by atoms with E-state index in [-0.39, 0.29) is 11.5 Å². The van der Waals surface area contributed by atoms with Crippen molar-refractivity contribution in [3.05, 3.63) is 28.2 Å². The third-order valence-corrected chi connectivity index (χ3v) is 4.05. The topological polar surface area (TPSA) is 62.1 Å². The minimum absolute atomic E-state index is 0.115. The highest BCUT2D eigenvalue weighted by Gasteiger charge is 2.39. The lowest BCUT2D eigenvalue weighted by molar-refractivity contribution is -0.129. The van der Waals surface area contributed by atoms with Gasteiger partial charge in [0.1, 0.15) is 6.07 Å². The summed E-state index contributed by atoms with van der Waals surface area (Å²) in [5, 5.41) is 11.8. The maximum absolute atomic E-state index is 12.0. The van der Waals surface area contributed by atoms with Crippen LogP contribution in [0.5, 0.6) is 0 Å². The highest BCUT2D eigenvalue weighted by molar-refractivity contribution is 9.10. The molecule has 1 aromatic carbocycles. The Labute approximate surface area is 120 Å². The van der Waals surface area contributed by atoms with E-state index in [0.29, 0.717) is 17.7 Å². The van der Waals surface area contributed by atoms with Gasteiger partial charge in [0, 0.05) is 11.6 Å². The van der Waals surface area contributed by atoms with Crippen LogP contribution < -0.4 is 5.32 Å². The fraction of sp³-hybridized carbons (Fsp3) is 0.429. The van der Waals surface area contributed by atoms with Gasteiger partial charge in [-0.25, -0.2) is 0 Å². The molecule has 1 N–H and O–H groups in total. The summed E-state index contributed by atoms with van der Waals surface area (Å²) in [7, 11) is 1.65. The van der Waals surface area contributed by atoms with Gasteiger partial charge in [-0.1, -0.05) is 15.9 Å². The summed E-state index contributed by atoms with van der Waals surface area (Å²) in [5.74, 6) is -0.115. The molecule has 1 aliphatic rings. The Kier molecular flexibility index (Phi) is 4.23. The second-order valence-electron chi connectivity index (χ2n) is 4.77. The van der Waals surface area contributed by atoms with E-state index in [1.165, 1.54) is 0 Å². The predicted molar refractivity (Wildman–Crippen MR) is 75.7 cm³/mol. The van der Waals surface area contributed by atoms with E-state index in [4.69, 9.17) is 10.00 Å². The van der Waals surface area contributed by atoms with Crippen LogP contribution in [0.1, 0.15) is 31.2 Å². The predicted octanol–water partition coefficient (Wildman–Crippen LogP) is 3.22. The summed E-state index contributed by atoms with van der Waals surface area (Å²) in [4.78, 5) is 12.0. The number of benzene rings is 1. The average Bonchev–Trinajstić information content (AvgIpc) is 2.34. The van der Waals surface area contributed by atoms with E-state index in [0.717, 1.165) is 23.7 Å². The van der Waals surface area contributed by atoms with Gasteiger partial charge in [-0.15, -0.1) is 0 Å². The van der Waals surface area contributed by atoms with Crippen molar-refractivity contribution in [3.63, 3.8) is 0 Å². The summed E-state index contributed by atoms with van der Waals surface area (Å²) in [6, 6.07) is 7.25. The molecule has 0 bridgehead atoms. The Morgan fingerprint density at radius 3 is 2.84 bits per heavy atom. The zero-order valence-corrected chi connectivity index (χ0v) is 12.3. The molecule has 0 heterocycles. The van der Waals surface area contributed by atoms with Crippen molar-refractivity contribution < 1.29 is 9.53 Å². The Balaban J connectivity index is 2.07. The van der Waals surface area contributed by atoms with E-state index >= 15 is 0 Å². The van der Waals surface area contributed by atoms with Crippen LogP contribution in [0, 0.1) is 11.3 Å². The molecule has 1 aliphatic carbocycles. The highest BCUT2D eigenvalue weighted by atomic mass is 79.9. The van der Waals surface area contributed by atoms with Gasteiger partial charge in [0.25, 0.3) is 0 Å². The smallest absolute Gasteiger partial charge is 0.227 e. The minimum Gasteiger partial charge on any atom is -0.378 e. The molecule has 0 spiro atoms. The molecule has 1 fully saturated rings. The maximum atomic E-state index is 12.0. The number of methoxy groups -OCH3 is 1. The number of rotatable bonds is 4. The Morgan fingerprint density at radius 1 is 1.58 bits per heavy atom. The van der Waals surface area contributed by atoms with Gasteiger partial charge < -0.3 is 10.1 Å². The van der Waals surface area contributed by atoms with Gasteiger partial charge >= 0.3 is 0 Å². The first-order valence-electron chi connectivity index (χ1n) is 6.13. The van der Waals surface area contributed by atoms with Gasteiger partial charge in [-0.05, 0) is 37.5 Å². The molecule has 1 aromatic rings. The van der Waals surface area contributed by atoms with Crippen molar-refractivity contribution >= 4 is 27.5 Å². The lowest BCUT2D eigenvalue weighted by Crippen LogP contribution is -2.42. The van der Waals surface area contributed by atoms with Crippen LogP contribution in [-0.4, -0.2) is 18.6 Å². The second-order valence-corrected chi connectivity index (χ2v) is 5.68. The van der Waals surface area contributed by atoms with E-state index in [2.05, 4.69) is 27.3 Å². The normalized spacial score (nSPS) is 16.3. The molecule has 0 saturated heterocycles. The first kappa shape index (κ1) is 14.0. The molecule has 5 heteroatoms. The minimum atomic E-state index is -0.303. The second kappa shape index (κ2) is 5.72. The van der Waals surface area contributed by atoms with Crippen LogP contribution in [0.4, 0.5) is 5.69 Å². The molecule has 1 saturated carbocycles. The summed E-state index contributed by atoms with van der Waals surface area (Å²) in [6.45, 7) is 0. The molecule has 0 aliphatic heterocycles. The van der Waals surface area contributed by atoms with Gasteiger partial charge in [0.2, 0.25) is 5.91 Å². The average molecular weight is 323 g/mol. The van der Waals surface area contributed by atoms with E-state index in [1.54, 1.807) is 25.3 Å². The fourth-order valence-corrected chi connectivity index (χ4v) is 2.59. The number of ether oxygens (including phenoxy) is 1. The molecule has 4 nitrogen and oxygen atoms in total. The molecular formula is C14H15BrN2O2. The van der Waals surface area contributed by atoms with Gasteiger partial charge in [0.05, 0.1) is 23.3 Å². The SMILES string of the molecule is COC1(CC(=O)Nc2cc(Br)ccc2C#N)CCC1. The summed E-state index contributed by atoms with van der Waals surface area (Å²) in [5.41, 5.74) is 0.687. The van der Waals surface area contributed by atoms with Crippen LogP contribution in [0.2, 0.25) is 0 Å². The first-order valence-corrected chi connectivity index (χ1v) is 6.92. The first-order chi connectivity index (χ1) is 9.08. The van der Waals surface area contributed by atoms with Crippen LogP contribution >= 0.6 is 15.9 Å². The van der Waals surface area contributed by atoms with Crippen LogP contribution in [-0.2, 0) is 9.53 Å². The molecule has 19 heavy (non-hydrogen) atoms. The monoisotopic (exact) mass is 322 g/mol. The number of carbonyl (C=O) groups is 1. The molecule has 0 radical (unpaired) electrons. The van der Waals surface area contributed by atoms with E-state index < -0.39 is 0 Å². The Bertz CT molecular complexity index is 527. The maximum Gasteiger partial charge on any atom is 0.227 e. The summed E-state index contributed by atoms with van der Waals surface area (Å²) in [6.07, 6.45) is 3.27. The van der Waals surface area contributed by atoms with Gasteiger partial charge in [-0.3, -0.25) is 4.79 Å². The number of nitrogens with zero attached hydrogens (tertiary/aromatic N) is 1. The standard InChI is InChI=1S/C14H15BrN2O2/c1-19-14(5-2-6-14)8-13(18)17-12-7-11(15)4-3-10(12)9-16/h3-4,7H,2,5-6,8H2,1H3,(H,17,18). The lowest BCUT2D eigenvalue weighted by atomic mass is 9.77. The molecule has 0 atom stereocenters. The molecular weight excluding hydrogens is 308 g/mol. The zero-order valence-electron chi connectivity index (χ0n) is 10.7. The molecule has 0 unspecified atom stereocenters. The quantitative estimate of drug-likeness (QED) is 0.925. The summed E-state index contributed by atoms with van der Waals surface area (Å²) < 4.78 is 6.25. The van der Waals surface area contributed by atoms with Crippen molar-refractivity contribution in [1.29, 1.82) is 5.26 Å². The van der Waals surface area contributed by atoms with Crippen molar-refractivity contribution in [3.8, 4) is 6.07 Å². The van der Waals surface area contributed by atoms with Gasteiger partial charge in [-0.2, -0.15) is 5.26 Å². The number of halogens is 1. The van der Waals surface area contributed by atoms with Crippen LogP contribution in [0.3, 0.4) is 0 Å². The lowest BCUT2D eigenvalue weighted by Gasteiger charge is -2.39. The van der Waals surface area contributed by atoms with Crippen molar-refractivity contribution in [2.75, 3.05) is 12.4 Å². The number of anilines is 1. The molecule has 100 valence electrons. The molecule has 2 rings (SSSR count). The van der Waals surface area contributed by atoms with Gasteiger partial charge in [0.15, 0.2) is 0 Å². The number of nitriles is 1.